The van der Waals surface area contributed by atoms with Gasteiger partial charge in [0.1, 0.15) is 11.6 Å². The largest absolute Gasteiger partial charge is 0.467 e. The van der Waals surface area contributed by atoms with Gasteiger partial charge in [0.25, 0.3) is 0 Å². The van der Waals surface area contributed by atoms with Gasteiger partial charge < -0.3 is 19.5 Å². The monoisotopic (exact) mass is 333 g/mol. The maximum atomic E-state index is 13.8. The normalized spacial score (nSPS) is 32.5. The summed E-state index contributed by atoms with van der Waals surface area (Å²) < 4.78 is 30.7. The number of ether oxygens (including phenoxy) is 3. The number of hydrogen-bond donors (Lipinski definition) is 1. The SMILES string of the molecule is Fc1cc(CCN[C@H]2[C@H]3CCO[C@H]3C23CCC3)c2c(c1)COCO2. The van der Waals surface area contributed by atoms with Crippen LogP contribution in [0.1, 0.15) is 36.8 Å². The Labute approximate surface area is 141 Å². The molecule has 1 aromatic rings. The molecule has 1 spiro atoms. The lowest BCUT2D eigenvalue weighted by molar-refractivity contribution is -0.175. The van der Waals surface area contributed by atoms with Crippen LogP contribution in [0.5, 0.6) is 5.75 Å². The lowest BCUT2D eigenvalue weighted by Gasteiger charge is -2.63. The number of rotatable bonds is 4. The van der Waals surface area contributed by atoms with Crippen LogP contribution in [0.2, 0.25) is 0 Å². The van der Waals surface area contributed by atoms with E-state index < -0.39 is 0 Å². The molecule has 0 amide bonds. The molecule has 3 fully saturated rings. The van der Waals surface area contributed by atoms with Crippen molar-refractivity contribution < 1.29 is 18.6 Å². The molecule has 2 heterocycles. The van der Waals surface area contributed by atoms with E-state index in [-0.39, 0.29) is 12.6 Å². The van der Waals surface area contributed by atoms with Crippen molar-refractivity contribution >= 4 is 0 Å². The molecule has 1 aromatic carbocycles. The Morgan fingerprint density at radius 1 is 1.29 bits per heavy atom. The van der Waals surface area contributed by atoms with Crippen LogP contribution in [0.4, 0.5) is 4.39 Å². The Bertz CT molecular complexity index is 646. The van der Waals surface area contributed by atoms with Gasteiger partial charge in [-0.2, -0.15) is 0 Å². The minimum Gasteiger partial charge on any atom is -0.467 e. The second-order valence-electron chi connectivity index (χ2n) is 7.68. The van der Waals surface area contributed by atoms with Crippen LogP contribution in [-0.2, 0) is 22.5 Å². The fraction of sp³-hybridized carbons (Fsp3) is 0.684. The summed E-state index contributed by atoms with van der Waals surface area (Å²) in [4.78, 5) is 0. The van der Waals surface area contributed by atoms with Gasteiger partial charge in [0, 0.05) is 29.5 Å². The van der Waals surface area contributed by atoms with Crippen molar-refractivity contribution in [1.82, 2.24) is 5.32 Å². The molecule has 2 saturated carbocycles. The van der Waals surface area contributed by atoms with Crippen molar-refractivity contribution in [2.75, 3.05) is 19.9 Å². The summed E-state index contributed by atoms with van der Waals surface area (Å²) in [6.45, 7) is 2.46. The summed E-state index contributed by atoms with van der Waals surface area (Å²) in [6.07, 6.45) is 6.37. The van der Waals surface area contributed by atoms with E-state index in [9.17, 15) is 4.39 Å². The molecule has 4 aliphatic rings. The van der Waals surface area contributed by atoms with Crippen molar-refractivity contribution in [3.8, 4) is 5.75 Å². The van der Waals surface area contributed by atoms with E-state index in [1.54, 1.807) is 6.07 Å². The Kier molecular flexibility index (Phi) is 3.58. The summed E-state index contributed by atoms with van der Waals surface area (Å²) in [6, 6.07) is 3.70. The number of hydrogen-bond acceptors (Lipinski definition) is 4. The molecule has 4 nitrogen and oxygen atoms in total. The highest BCUT2D eigenvalue weighted by Gasteiger charge is 2.66. The third-order valence-corrected chi connectivity index (χ3v) is 6.55. The molecule has 24 heavy (non-hydrogen) atoms. The minimum absolute atomic E-state index is 0.207. The van der Waals surface area contributed by atoms with Gasteiger partial charge in [-0.25, -0.2) is 4.39 Å². The van der Waals surface area contributed by atoms with Gasteiger partial charge in [-0.3, -0.25) is 0 Å². The molecule has 0 radical (unpaired) electrons. The highest BCUT2D eigenvalue weighted by molar-refractivity contribution is 5.42. The van der Waals surface area contributed by atoms with Gasteiger partial charge in [-0.15, -0.1) is 0 Å². The molecule has 130 valence electrons. The average molecular weight is 333 g/mol. The van der Waals surface area contributed by atoms with E-state index in [0.29, 0.717) is 30.1 Å². The number of benzene rings is 1. The Hall–Kier alpha value is -1.17. The van der Waals surface area contributed by atoms with Crippen LogP contribution >= 0.6 is 0 Å². The van der Waals surface area contributed by atoms with Crippen molar-refractivity contribution in [2.24, 2.45) is 11.3 Å². The van der Waals surface area contributed by atoms with Crippen molar-refractivity contribution in [2.45, 2.75) is 50.9 Å². The quantitative estimate of drug-likeness (QED) is 0.920. The molecular weight excluding hydrogens is 309 g/mol. The van der Waals surface area contributed by atoms with Crippen LogP contribution in [0.15, 0.2) is 12.1 Å². The molecule has 1 N–H and O–H groups in total. The van der Waals surface area contributed by atoms with Gasteiger partial charge in [0.15, 0.2) is 6.79 Å². The standard InChI is InChI=1S/C19H24FNO3/c20-14-8-12(16-13(9-14)10-22-11-24-16)2-6-21-17-15-3-7-23-18(15)19(17)4-1-5-19/h8-9,15,17-18,21H,1-7,10-11H2/t15-,17+,18-/m1/s1. The fourth-order valence-electron chi connectivity index (χ4n) is 5.36. The molecule has 1 saturated heterocycles. The molecule has 5 heteroatoms. The fourth-order valence-corrected chi connectivity index (χ4v) is 5.36. The number of nitrogens with one attached hydrogen (secondary N) is 1. The van der Waals surface area contributed by atoms with Crippen molar-refractivity contribution in [1.29, 1.82) is 0 Å². The molecule has 0 bridgehead atoms. The van der Waals surface area contributed by atoms with Crippen molar-refractivity contribution in [3.05, 3.63) is 29.1 Å². The Balaban J connectivity index is 1.26. The molecule has 0 aromatic heterocycles. The van der Waals surface area contributed by atoms with E-state index in [0.717, 1.165) is 36.4 Å². The summed E-state index contributed by atoms with van der Waals surface area (Å²) in [5, 5.41) is 3.77. The molecule has 0 unspecified atom stereocenters. The zero-order chi connectivity index (χ0) is 16.1. The van der Waals surface area contributed by atoms with Gasteiger partial charge >= 0.3 is 0 Å². The zero-order valence-electron chi connectivity index (χ0n) is 13.9. The highest BCUT2D eigenvalue weighted by atomic mass is 19.1. The first kappa shape index (κ1) is 15.1. The molecule has 2 aliphatic carbocycles. The molecular formula is C19H24FNO3. The number of halogens is 1. The van der Waals surface area contributed by atoms with E-state index in [1.165, 1.54) is 31.7 Å². The van der Waals surface area contributed by atoms with E-state index in [2.05, 4.69) is 5.32 Å². The van der Waals surface area contributed by atoms with Gasteiger partial charge in [0.2, 0.25) is 0 Å². The lowest BCUT2D eigenvalue weighted by atomic mass is 9.46. The summed E-state index contributed by atoms with van der Waals surface area (Å²) >= 11 is 0. The van der Waals surface area contributed by atoms with Crippen LogP contribution < -0.4 is 10.1 Å². The predicted molar refractivity (Wildman–Crippen MR) is 86.3 cm³/mol. The smallest absolute Gasteiger partial charge is 0.189 e. The first-order chi connectivity index (χ1) is 11.8. The molecule has 3 atom stereocenters. The number of fused-ring (bicyclic) bond motifs is 3. The second-order valence-corrected chi connectivity index (χ2v) is 7.68. The van der Waals surface area contributed by atoms with Crippen LogP contribution in [0.3, 0.4) is 0 Å². The van der Waals surface area contributed by atoms with Gasteiger partial charge in [-0.1, -0.05) is 6.42 Å². The Morgan fingerprint density at radius 2 is 2.21 bits per heavy atom. The third-order valence-electron chi connectivity index (χ3n) is 6.55. The van der Waals surface area contributed by atoms with Crippen LogP contribution in [0, 0.1) is 17.2 Å². The van der Waals surface area contributed by atoms with Gasteiger partial charge in [-0.05, 0) is 49.9 Å². The van der Waals surface area contributed by atoms with Gasteiger partial charge in [0.05, 0.1) is 12.7 Å². The highest BCUT2D eigenvalue weighted by Crippen LogP contribution is 2.62. The summed E-state index contributed by atoms with van der Waals surface area (Å²) in [7, 11) is 0. The zero-order valence-corrected chi connectivity index (χ0v) is 13.9. The lowest BCUT2D eigenvalue weighted by Crippen LogP contribution is -2.71. The maximum Gasteiger partial charge on any atom is 0.189 e. The third kappa shape index (κ3) is 2.14. The van der Waals surface area contributed by atoms with E-state index in [4.69, 9.17) is 14.2 Å². The minimum atomic E-state index is -0.207. The maximum absolute atomic E-state index is 13.8. The summed E-state index contributed by atoms with van der Waals surface area (Å²) in [5.41, 5.74) is 2.16. The first-order valence-corrected chi connectivity index (χ1v) is 9.15. The first-order valence-electron chi connectivity index (χ1n) is 9.15. The van der Waals surface area contributed by atoms with E-state index >= 15 is 0 Å². The van der Waals surface area contributed by atoms with Crippen LogP contribution in [0.25, 0.3) is 0 Å². The molecule has 2 aliphatic heterocycles. The summed E-state index contributed by atoms with van der Waals surface area (Å²) in [5.74, 6) is 1.29. The predicted octanol–water partition coefficient (Wildman–Crippen LogP) is 2.78. The van der Waals surface area contributed by atoms with Crippen LogP contribution in [-0.4, -0.2) is 32.1 Å². The van der Waals surface area contributed by atoms with Crippen molar-refractivity contribution in [3.63, 3.8) is 0 Å². The topological polar surface area (TPSA) is 39.7 Å². The Morgan fingerprint density at radius 3 is 3.04 bits per heavy atom. The average Bonchev–Trinajstić information content (AvgIpc) is 2.94. The van der Waals surface area contributed by atoms with E-state index in [1.807, 2.05) is 0 Å². The second kappa shape index (κ2) is 5.68. The molecule has 5 rings (SSSR count).